The maximum atomic E-state index is 11.9. The van der Waals surface area contributed by atoms with E-state index in [-0.39, 0.29) is 12.2 Å². The number of aromatic nitrogens is 2. The second kappa shape index (κ2) is 10.4. The van der Waals surface area contributed by atoms with Gasteiger partial charge in [-0.15, -0.1) is 0 Å². The second-order valence-corrected chi connectivity index (χ2v) is 7.72. The van der Waals surface area contributed by atoms with Crippen molar-refractivity contribution in [3.63, 3.8) is 0 Å². The van der Waals surface area contributed by atoms with Gasteiger partial charge in [0.1, 0.15) is 16.7 Å². The first-order valence-electron chi connectivity index (χ1n) is 10.3. The fraction of sp³-hybridized carbons (Fsp3) is 0.250. The zero-order valence-corrected chi connectivity index (χ0v) is 17.8. The molecule has 3 aromatic rings. The van der Waals surface area contributed by atoms with Crippen molar-refractivity contribution in [3.8, 4) is 11.3 Å². The van der Waals surface area contributed by atoms with E-state index in [9.17, 15) is 4.79 Å². The number of ether oxygens (including phenoxy) is 1. The third-order valence-electron chi connectivity index (χ3n) is 4.96. The van der Waals surface area contributed by atoms with Crippen molar-refractivity contribution in [2.75, 3.05) is 6.61 Å². The molecule has 2 heterocycles. The number of rotatable bonds is 7. The number of aromatic amines is 1. The number of benzene rings is 2. The Hall–Kier alpha value is -2.93. The summed E-state index contributed by atoms with van der Waals surface area (Å²) in [6.45, 7) is 0.667. The number of nitrogens with zero attached hydrogens (tertiary/aromatic N) is 1. The van der Waals surface area contributed by atoms with Gasteiger partial charge in [-0.25, -0.2) is 15.3 Å². The zero-order chi connectivity index (χ0) is 21.5. The molecule has 0 bridgehead atoms. The van der Waals surface area contributed by atoms with Gasteiger partial charge < -0.3 is 9.72 Å². The molecule has 1 atom stereocenters. The first-order valence-corrected chi connectivity index (χ1v) is 10.7. The van der Waals surface area contributed by atoms with Crippen LogP contribution in [0, 0.1) is 0 Å². The van der Waals surface area contributed by atoms with Gasteiger partial charge in [0.05, 0.1) is 0 Å². The Balaban J connectivity index is 1.31. The van der Waals surface area contributed by atoms with E-state index in [1.807, 2.05) is 54.6 Å². The molecule has 0 aliphatic carbocycles. The molecule has 2 N–H and O–H groups in total. The Morgan fingerprint density at radius 2 is 2.00 bits per heavy atom. The monoisotopic (exact) mass is 437 g/mol. The van der Waals surface area contributed by atoms with Crippen LogP contribution < -0.4 is 5.48 Å². The fourth-order valence-electron chi connectivity index (χ4n) is 3.34. The molecule has 7 heteroatoms. The Bertz CT molecular complexity index is 1030. The summed E-state index contributed by atoms with van der Waals surface area (Å²) in [5.41, 5.74) is 6.14. The second-order valence-electron chi connectivity index (χ2n) is 7.34. The van der Waals surface area contributed by atoms with E-state index in [0.717, 1.165) is 47.5 Å². The number of nitrogens with one attached hydrogen (secondary N) is 2. The summed E-state index contributed by atoms with van der Waals surface area (Å²) in [6.07, 6.45) is 6.32. The van der Waals surface area contributed by atoms with Gasteiger partial charge in [-0.05, 0) is 30.0 Å². The van der Waals surface area contributed by atoms with Crippen molar-refractivity contribution in [3.05, 3.63) is 82.8 Å². The van der Waals surface area contributed by atoms with E-state index in [4.69, 9.17) is 21.2 Å². The van der Waals surface area contributed by atoms with Crippen LogP contribution in [0.4, 0.5) is 0 Å². The third-order valence-corrected chi connectivity index (χ3v) is 5.24. The van der Waals surface area contributed by atoms with Crippen LogP contribution in [-0.4, -0.2) is 28.8 Å². The molecule has 1 aliphatic heterocycles. The summed E-state index contributed by atoms with van der Waals surface area (Å²) in [7, 11) is 0. The molecule has 4 rings (SSSR count). The molecular formula is C24H24ClN3O3. The van der Waals surface area contributed by atoms with Crippen molar-refractivity contribution in [2.45, 2.75) is 32.0 Å². The molecule has 31 heavy (non-hydrogen) atoms. The number of imidazole rings is 1. The predicted octanol–water partition coefficient (Wildman–Crippen LogP) is 4.91. The molecule has 1 unspecified atom stereocenters. The Kier molecular flexibility index (Phi) is 7.14. The van der Waals surface area contributed by atoms with Crippen molar-refractivity contribution in [1.82, 2.24) is 15.4 Å². The predicted molar refractivity (Wildman–Crippen MR) is 120 cm³/mol. The van der Waals surface area contributed by atoms with Crippen molar-refractivity contribution in [2.24, 2.45) is 0 Å². The highest BCUT2D eigenvalue weighted by atomic mass is 35.5. The van der Waals surface area contributed by atoms with Gasteiger partial charge in [-0.3, -0.25) is 4.79 Å². The van der Waals surface area contributed by atoms with Crippen LogP contribution in [0.2, 0.25) is 5.15 Å². The minimum Gasteiger partial charge on any atom is -0.350 e. The molecule has 160 valence electrons. The summed E-state index contributed by atoms with van der Waals surface area (Å²) in [5.74, 6) is 0.477. The molecule has 0 radical (unpaired) electrons. The largest absolute Gasteiger partial charge is 0.350 e. The minimum absolute atomic E-state index is 0.322. The van der Waals surface area contributed by atoms with Crippen LogP contribution in [0.1, 0.15) is 36.2 Å². The molecular weight excluding hydrogens is 414 g/mol. The lowest BCUT2D eigenvalue weighted by Crippen LogP contribution is -2.32. The highest BCUT2D eigenvalue weighted by Crippen LogP contribution is 2.26. The lowest BCUT2D eigenvalue weighted by atomic mass is 10.1. The van der Waals surface area contributed by atoms with Gasteiger partial charge in [-0.2, -0.15) is 0 Å². The summed E-state index contributed by atoms with van der Waals surface area (Å²) in [5, 5.41) is 0.535. The normalized spacial score (nSPS) is 16.5. The minimum atomic E-state index is -0.358. The number of halogens is 1. The van der Waals surface area contributed by atoms with Crippen molar-refractivity contribution < 1.29 is 14.4 Å². The first-order chi connectivity index (χ1) is 15.2. The summed E-state index contributed by atoms with van der Waals surface area (Å²) in [6, 6.07) is 17.8. The van der Waals surface area contributed by atoms with Gasteiger partial charge in [0, 0.05) is 31.1 Å². The molecule has 2 aromatic carbocycles. The number of hydrogen-bond donors (Lipinski definition) is 2. The number of hydrogen-bond acceptors (Lipinski definition) is 4. The molecule has 0 spiro atoms. The maximum Gasteiger partial charge on any atom is 0.267 e. The quantitative estimate of drug-likeness (QED) is 0.407. The zero-order valence-electron chi connectivity index (χ0n) is 17.0. The van der Waals surface area contributed by atoms with Gasteiger partial charge in [0.15, 0.2) is 6.29 Å². The van der Waals surface area contributed by atoms with Gasteiger partial charge in [-0.1, -0.05) is 66.2 Å². The number of carbonyl (C=O) groups excluding carboxylic acids is 1. The van der Waals surface area contributed by atoms with Crippen LogP contribution in [-0.2, 0) is 20.8 Å². The topological polar surface area (TPSA) is 76.2 Å². The smallest absolute Gasteiger partial charge is 0.267 e. The average Bonchev–Trinajstić information content (AvgIpc) is 3.18. The van der Waals surface area contributed by atoms with E-state index in [1.165, 1.54) is 6.08 Å². The van der Waals surface area contributed by atoms with Crippen molar-refractivity contribution >= 4 is 23.6 Å². The Morgan fingerprint density at radius 3 is 2.74 bits per heavy atom. The molecule has 6 nitrogen and oxygen atoms in total. The lowest BCUT2D eigenvalue weighted by Gasteiger charge is -2.21. The van der Waals surface area contributed by atoms with Gasteiger partial charge in [0.25, 0.3) is 5.91 Å². The number of carbonyl (C=O) groups is 1. The summed E-state index contributed by atoms with van der Waals surface area (Å²) < 4.78 is 5.41. The van der Waals surface area contributed by atoms with E-state index >= 15 is 0 Å². The Morgan fingerprint density at radius 1 is 1.19 bits per heavy atom. The molecule has 0 saturated carbocycles. The molecule has 1 aromatic heterocycles. The van der Waals surface area contributed by atoms with Crippen molar-refractivity contribution in [1.29, 1.82) is 0 Å². The standard InChI is InChI=1S/C24H24ClN3O3/c25-24-23(19-6-2-1-3-7-19)26-20(27-24)16-18-11-9-17(10-12-18)13-14-21(29)28-31-22-8-4-5-15-30-22/h1-3,6-7,9-14,22H,4-5,8,15-16H2,(H,26,27)(H,28,29). The SMILES string of the molecule is O=C(C=Cc1ccc(Cc2nc(-c3ccccc3)c(Cl)[nH]2)cc1)NOC1CCCCO1. The van der Waals surface area contributed by atoms with E-state index in [1.54, 1.807) is 6.08 Å². The first kappa shape index (κ1) is 21.3. The van der Waals surface area contributed by atoms with E-state index in [0.29, 0.717) is 18.2 Å². The Labute approximate surface area is 186 Å². The lowest BCUT2D eigenvalue weighted by molar-refractivity contribution is -0.198. The number of H-pyrrole nitrogens is 1. The molecule has 1 saturated heterocycles. The van der Waals surface area contributed by atoms with Crippen LogP contribution in [0.25, 0.3) is 17.3 Å². The summed E-state index contributed by atoms with van der Waals surface area (Å²) in [4.78, 5) is 25.0. The number of amides is 1. The van der Waals surface area contributed by atoms with Gasteiger partial charge >= 0.3 is 0 Å². The van der Waals surface area contributed by atoms with E-state index < -0.39 is 0 Å². The molecule has 1 fully saturated rings. The number of hydroxylamine groups is 1. The average molecular weight is 438 g/mol. The van der Waals surface area contributed by atoms with Crippen LogP contribution in [0.5, 0.6) is 0 Å². The fourth-order valence-corrected chi connectivity index (χ4v) is 3.60. The molecule has 1 aliphatic rings. The van der Waals surface area contributed by atoms with Crippen LogP contribution in [0.3, 0.4) is 0 Å². The highest BCUT2D eigenvalue weighted by molar-refractivity contribution is 6.31. The molecule has 1 amide bonds. The van der Waals surface area contributed by atoms with E-state index in [2.05, 4.69) is 15.4 Å². The maximum absolute atomic E-state index is 11.9. The van der Waals surface area contributed by atoms with Crippen LogP contribution in [0.15, 0.2) is 60.7 Å². The summed E-state index contributed by atoms with van der Waals surface area (Å²) >= 11 is 6.33. The highest BCUT2D eigenvalue weighted by Gasteiger charge is 2.15. The van der Waals surface area contributed by atoms with Gasteiger partial charge in [0.2, 0.25) is 0 Å². The third kappa shape index (κ3) is 6.04. The van der Waals surface area contributed by atoms with Crippen LogP contribution >= 0.6 is 11.6 Å².